The van der Waals surface area contributed by atoms with E-state index in [1.165, 1.54) is 0 Å². The Kier molecular flexibility index (Phi) is 8.63. The molecule has 4 rings (SSSR count). The van der Waals surface area contributed by atoms with E-state index >= 15 is 0 Å². The molecule has 184 valence electrons. The van der Waals surface area contributed by atoms with E-state index in [-0.39, 0.29) is 5.91 Å². The molecule has 0 radical (unpaired) electrons. The van der Waals surface area contributed by atoms with Crippen molar-refractivity contribution in [3.63, 3.8) is 0 Å². The fraction of sp³-hybridized carbons (Fsp3) is 0.375. The summed E-state index contributed by atoms with van der Waals surface area (Å²) in [5.41, 5.74) is 8.64. The van der Waals surface area contributed by atoms with Gasteiger partial charge in [-0.15, -0.1) is 0 Å². The Bertz CT molecular complexity index is 1250. The van der Waals surface area contributed by atoms with Gasteiger partial charge in [-0.3, -0.25) is 19.3 Å². The number of hydrogen-bond donors (Lipinski definition) is 3. The number of halogens is 1. The molecule has 0 unspecified atom stereocenters. The number of fused-ring (bicyclic) bond motifs is 1. The van der Waals surface area contributed by atoms with E-state index in [1.807, 2.05) is 39.7 Å². The van der Waals surface area contributed by atoms with E-state index in [0.717, 1.165) is 62.2 Å². The van der Waals surface area contributed by atoms with Gasteiger partial charge in [-0.2, -0.15) is 5.10 Å². The topological polar surface area (TPSA) is 114 Å². The summed E-state index contributed by atoms with van der Waals surface area (Å²) >= 11 is 6.40. The zero-order chi connectivity index (χ0) is 24.5. The van der Waals surface area contributed by atoms with Gasteiger partial charge in [-0.05, 0) is 31.4 Å². The molecule has 11 heteroatoms. The van der Waals surface area contributed by atoms with Crippen molar-refractivity contribution in [1.29, 1.82) is 0 Å². The van der Waals surface area contributed by atoms with Crippen molar-refractivity contribution in [2.24, 2.45) is 0 Å². The van der Waals surface area contributed by atoms with Crippen LogP contribution in [0.2, 0.25) is 5.02 Å². The Labute approximate surface area is 209 Å². The summed E-state index contributed by atoms with van der Waals surface area (Å²) in [5.74, 6) is 0.483. The van der Waals surface area contributed by atoms with Crippen LogP contribution in [-0.2, 0) is 11.3 Å². The highest BCUT2D eigenvalue weighted by Crippen LogP contribution is 2.27. The number of carbonyl (C=O) groups is 1. The highest BCUT2D eigenvalue weighted by atomic mass is 35.5. The molecular weight excluding hydrogens is 466 g/mol. The van der Waals surface area contributed by atoms with E-state index in [1.54, 1.807) is 18.6 Å². The maximum atomic E-state index is 11.7. The second-order valence-corrected chi connectivity index (χ2v) is 8.63. The smallest absolute Gasteiger partial charge is 0.234 e. The molecule has 0 aliphatic heterocycles. The van der Waals surface area contributed by atoms with Gasteiger partial charge < -0.3 is 5.32 Å². The third-order valence-corrected chi connectivity index (χ3v) is 5.71. The highest BCUT2D eigenvalue weighted by Gasteiger charge is 2.13. The fourth-order valence-corrected chi connectivity index (χ4v) is 3.84. The monoisotopic (exact) mass is 495 g/mol. The summed E-state index contributed by atoms with van der Waals surface area (Å²) in [6.07, 6.45) is 14.4. The van der Waals surface area contributed by atoms with Gasteiger partial charge in [0.25, 0.3) is 0 Å². The Morgan fingerprint density at radius 1 is 1.09 bits per heavy atom. The van der Waals surface area contributed by atoms with Crippen LogP contribution in [0.1, 0.15) is 45.4 Å². The van der Waals surface area contributed by atoms with Gasteiger partial charge in [0.15, 0.2) is 0 Å². The number of imidazole rings is 1. The Morgan fingerprint density at radius 2 is 1.97 bits per heavy atom. The zero-order valence-corrected chi connectivity index (χ0v) is 20.5. The average Bonchev–Trinajstić information content (AvgIpc) is 3.49. The summed E-state index contributed by atoms with van der Waals surface area (Å²) < 4.78 is 3.83. The van der Waals surface area contributed by atoms with Gasteiger partial charge in [-0.25, -0.2) is 20.4 Å². The van der Waals surface area contributed by atoms with Crippen LogP contribution in [-0.4, -0.2) is 41.6 Å². The lowest BCUT2D eigenvalue weighted by molar-refractivity contribution is -0.122. The third-order valence-electron chi connectivity index (χ3n) is 5.44. The summed E-state index contributed by atoms with van der Waals surface area (Å²) in [6, 6.07) is 5.79. The number of aromatic nitrogens is 6. The van der Waals surface area contributed by atoms with Crippen LogP contribution in [0.15, 0.2) is 49.2 Å². The lowest BCUT2D eigenvalue weighted by Gasteiger charge is -2.07. The standard InChI is InChI=1S/C24H30ClN9O/c1-2-11-28-32-22(35)10-5-3-4-7-12-33-17-18(14-29-33)30-24-27-15-19(25)23(31-24)20-16-26-21-9-6-8-13-34(20)21/h6,8-9,13-17,28H,2-5,7,10-12H2,1H3,(H,32,35)(H,27,30,31). The molecule has 0 aromatic carbocycles. The number of hydrogen-bond acceptors (Lipinski definition) is 7. The van der Waals surface area contributed by atoms with Crippen molar-refractivity contribution in [1.82, 2.24) is 40.0 Å². The molecule has 4 aromatic heterocycles. The molecule has 0 aliphatic carbocycles. The Hall–Kier alpha value is -3.50. The quantitative estimate of drug-likeness (QED) is 0.186. The SMILES string of the molecule is CCCNNC(=O)CCCCCCn1cc(Nc2ncc(Cl)c(-c3cnc4ccccn34)n2)cn1. The van der Waals surface area contributed by atoms with Crippen molar-refractivity contribution in [2.75, 3.05) is 11.9 Å². The minimum atomic E-state index is 0.0511. The number of hydrazine groups is 1. The number of unbranched alkanes of at least 4 members (excludes halogenated alkanes) is 3. The maximum Gasteiger partial charge on any atom is 0.234 e. The molecule has 4 aromatic rings. The number of rotatable bonds is 13. The van der Waals surface area contributed by atoms with Crippen LogP contribution < -0.4 is 16.2 Å². The lowest BCUT2D eigenvalue weighted by Crippen LogP contribution is -2.37. The number of nitrogens with zero attached hydrogens (tertiary/aromatic N) is 6. The number of nitrogens with one attached hydrogen (secondary N) is 3. The minimum Gasteiger partial charge on any atom is -0.321 e. The predicted molar refractivity (Wildman–Crippen MR) is 136 cm³/mol. The molecule has 4 heterocycles. The van der Waals surface area contributed by atoms with Gasteiger partial charge in [0, 0.05) is 31.9 Å². The highest BCUT2D eigenvalue weighted by molar-refractivity contribution is 6.32. The molecule has 0 bridgehead atoms. The van der Waals surface area contributed by atoms with Crippen molar-refractivity contribution < 1.29 is 4.79 Å². The van der Waals surface area contributed by atoms with Gasteiger partial charge >= 0.3 is 0 Å². The van der Waals surface area contributed by atoms with Crippen molar-refractivity contribution >= 4 is 34.8 Å². The number of carbonyl (C=O) groups excluding carboxylic acids is 1. The molecular formula is C24H30ClN9O. The third kappa shape index (κ3) is 6.77. The Balaban J connectivity index is 1.26. The number of amides is 1. The van der Waals surface area contributed by atoms with Crippen LogP contribution >= 0.6 is 11.6 Å². The Morgan fingerprint density at radius 3 is 2.86 bits per heavy atom. The molecule has 10 nitrogen and oxygen atoms in total. The van der Waals surface area contributed by atoms with Crippen LogP contribution in [0.25, 0.3) is 17.0 Å². The molecule has 3 N–H and O–H groups in total. The summed E-state index contributed by atoms with van der Waals surface area (Å²) in [4.78, 5) is 25.0. The summed E-state index contributed by atoms with van der Waals surface area (Å²) in [6.45, 7) is 3.66. The zero-order valence-electron chi connectivity index (χ0n) is 19.7. The first kappa shape index (κ1) is 24.6. The molecule has 1 amide bonds. The van der Waals surface area contributed by atoms with E-state index in [4.69, 9.17) is 11.6 Å². The van der Waals surface area contributed by atoms with Gasteiger partial charge in [0.2, 0.25) is 11.9 Å². The summed E-state index contributed by atoms with van der Waals surface area (Å²) in [7, 11) is 0. The van der Waals surface area contributed by atoms with Crippen LogP contribution in [0, 0.1) is 0 Å². The molecule has 35 heavy (non-hydrogen) atoms. The second kappa shape index (κ2) is 12.3. The first-order valence-corrected chi connectivity index (χ1v) is 12.3. The van der Waals surface area contributed by atoms with Crippen LogP contribution in [0.4, 0.5) is 11.6 Å². The van der Waals surface area contributed by atoms with Crippen molar-refractivity contribution in [3.8, 4) is 11.4 Å². The second-order valence-electron chi connectivity index (χ2n) is 8.22. The molecule has 0 spiro atoms. The van der Waals surface area contributed by atoms with E-state index in [2.05, 4.69) is 43.1 Å². The fourth-order valence-electron chi connectivity index (χ4n) is 3.66. The molecule has 0 aliphatic rings. The maximum absolute atomic E-state index is 11.7. The van der Waals surface area contributed by atoms with E-state index in [0.29, 0.717) is 23.1 Å². The van der Waals surface area contributed by atoms with E-state index in [9.17, 15) is 4.79 Å². The molecule has 0 saturated heterocycles. The number of aryl methyl sites for hydroxylation is 1. The predicted octanol–water partition coefficient (Wildman–Crippen LogP) is 4.37. The van der Waals surface area contributed by atoms with Crippen molar-refractivity contribution in [2.45, 2.75) is 52.0 Å². The largest absolute Gasteiger partial charge is 0.321 e. The van der Waals surface area contributed by atoms with Crippen molar-refractivity contribution in [3.05, 3.63) is 54.2 Å². The van der Waals surface area contributed by atoms with Crippen LogP contribution in [0.3, 0.4) is 0 Å². The first-order chi connectivity index (χ1) is 17.1. The minimum absolute atomic E-state index is 0.0511. The molecule has 0 atom stereocenters. The summed E-state index contributed by atoms with van der Waals surface area (Å²) in [5, 5.41) is 8.07. The van der Waals surface area contributed by atoms with Crippen LogP contribution in [0.5, 0.6) is 0 Å². The van der Waals surface area contributed by atoms with Gasteiger partial charge in [0.05, 0.1) is 35.0 Å². The molecule has 0 saturated carbocycles. The van der Waals surface area contributed by atoms with Gasteiger partial charge in [0.1, 0.15) is 11.3 Å². The normalized spacial score (nSPS) is 11.1. The molecule has 0 fully saturated rings. The first-order valence-electron chi connectivity index (χ1n) is 11.9. The lowest BCUT2D eigenvalue weighted by atomic mass is 10.1. The number of pyridine rings is 1. The van der Waals surface area contributed by atoms with Gasteiger partial charge in [-0.1, -0.05) is 37.4 Å². The average molecular weight is 496 g/mol. The number of anilines is 2. The van der Waals surface area contributed by atoms with E-state index < -0.39 is 0 Å².